The van der Waals surface area contributed by atoms with Crippen LogP contribution in [0.3, 0.4) is 0 Å². The van der Waals surface area contributed by atoms with E-state index in [2.05, 4.69) is 19.9 Å². The first-order valence-corrected chi connectivity index (χ1v) is 9.79. The molecule has 0 heterocycles. The molecule has 2 unspecified atom stereocenters. The summed E-state index contributed by atoms with van der Waals surface area (Å²) in [5, 5.41) is 0. The molecule has 0 bridgehead atoms. The van der Waals surface area contributed by atoms with Crippen LogP contribution in [0.1, 0.15) is 78.6 Å². The van der Waals surface area contributed by atoms with Gasteiger partial charge in [-0.3, -0.25) is 9.59 Å². The van der Waals surface area contributed by atoms with Crippen molar-refractivity contribution in [3.8, 4) is 0 Å². The lowest BCUT2D eigenvalue weighted by molar-refractivity contribution is -0.148. The maximum absolute atomic E-state index is 12.2. The van der Waals surface area contributed by atoms with Gasteiger partial charge in [0.2, 0.25) is 0 Å². The summed E-state index contributed by atoms with van der Waals surface area (Å²) >= 11 is 0. The van der Waals surface area contributed by atoms with Crippen LogP contribution in [-0.2, 0) is 14.3 Å². The highest BCUT2D eigenvalue weighted by atomic mass is 16.5. The van der Waals surface area contributed by atoms with Crippen LogP contribution in [0.4, 0.5) is 0 Å². The number of rotatable bonds is 1. The normalized spacial score (nSPS) is 40.3. The molecule has 3 nitrogen and oxygen atoms in total. The van der Waals surface area contributed by atoms with E-state index in [1.807, 2.05) is 0 Å². The van der Waals surface area contributed by atoms with Gasteiger partial charge in [-0.1, -0.05) is 25.5 Å². The quantitative estimate of drug-likeness (QED) is 0.510. The van der Waals surface area contributed by atoms with Gasteiger partial charge >= 0.3 is 5.97 Å². The average Bonchev–Trinajstić information content (AvgIpc) is 2.59. The Kier molecular flexibility index (Phi) is 5.17. The molecule has 0 N–H and O–H groups in total. The Balaban J connectivity index is 1.79. The lowest BCUT2D eigenvalue weighted by Gasteiger charge is -2.51. The molecule has 0 aliphatic heterocycles. The fourth-order valence-electron chi connectivity index (χ4n) is 5.50. The van der Waals surface area contributed by atoms with Crippen molar-refractivity contribution in [2.24, 2.45) is 23.2 Å². The molecule has 3 aliphatic carbocycles. The summed E-state index contributed by atoms with van der Waals surface area (Å²) in [6, 6.07) is 0. The van der Waals surface area contributed by atoms with Crippen molar-refractivity contribution in [1.82, 2.24) is 0 Å². The van der Waals surface area contributed by atoms with E-state index >= 15 is 0 Å². The number of ether oxygens (including phenoxy) is 1. The number of hydrogen-bond acceptors (Lipinski definition) is 3. The van der Waals surface area contributed by atoms with Crippen LogP contribution in [-0.4, -0.2) is 17.9 Å². The Bertz CT molecular complexity index is 535. The molecule has 3 aliphatic rings. The molecule has 0 saturated heterocycles. The minimum Gasteiger partial charge on any atom is -0.462 e. The monoisotopic (exact) mass is 332 g/mol. The van der Waals surface area contributed by atoms with Gasteiger partial charge in [0.15, 0.2) is 0 Å². The largest absolute Gasteiger partial charge is 0.462 e. The molecule has 134 valence electrons. The van der Waals surface area contributed by atoms with Crippen LogP contribution in [0.2, 0.25) is 0 Å². The fraction of sp³-hybridized carbons (Fsp3) is 0.810. The Morgan fingerprint density at radius 1 is 1.25 bits per heavy atom. The first kappa shape index (κ1) is 17.7. The van der Waals surface area contributed by atoms with Gasteiger partial charge in [0.25, 0.3) is 0 Å². The zero-order chi connectivity index (χ0) is 17.3. The van der Waals surface area contributed by atoms with Gasteiger partial charge in [0, 0.05) is 25.7 Å². The number of carbonyl (C=O) groups excluding carboxylic acids is 2. The molecule has 3 rings (SSSR count). The lowest BCUT2D eigenvalue weighted by atomic mass is 9.55. The van der Waals surface area contributed by atoms with Crippen LogP contribution >= 0.6 is 0 Å². The molecule has 24 heavy (non-hydrogen) atoms. The van der Waals surface area contributed by atoms with Crippen LogP contribution in [0, 0.1) is 23.2 Å². The van der Waals surface area contributed by atoms with Gasteiger partial charge in [-0.15, -0.1) is 0 Å². The topological polar surface area (TPSA) is 43.4 Å². The van der Waals surface area contributed by atoms with Gasteiger partial charge in [-0.2, -0.15) is 0 Å². The Labute approximate surface area is 146 Å². The third-order valence-corrected chi connectivity index (χ3v) is 7.01. The third-order valence-electron chi connectivity index (χ3n) is 7.01. The van der Waals surface area contributed by atoms with Crippen molar-refractivity contribution in [1.29, 1.82) is 0 Å². The predicted molar refractivity (Wildman–Crippen MR) is 94.4 cm³/mol. The number of hydrogen-bond donors (Lipinski definition) is 0. The van der Waals surface area contributed by atoms with Gasteiger partial charge in [0.05, 0.1) is 0 Å². The summed E-state index contributed by atoms with van der Waals surface area (Å²) in [6.45, 7) is 6.06. The Morgan fingerprint density at radius 3 is 2.79 bits per heavy atom. The Hall–Kier alpha value is -1.12. The summed E-state index contributed by atoms with van der Waals surface area (Å²) in [4.78, 5) is 23.5. The van der Waals surface area contributed by atoms with E-state index < -0.39 is 0 Å². The molecule has 5 atom stereocenters. The maximum atomic E-state index is 12.2. The summed E-state index contributed by atoms with van der Waals surface area (Å²) in [7, 11) is 0. The number of Topliss-reactive ketones (excluding diaryl/α,β-unsaturated/α-hetero) is 1. The summed E-state index contributed by atoms with van der Waals surface area (Å²) in [5.74, 6) is 1.93. The molecule has 0 aromatic carbocycles. The second-order valence-electron chi connectivity index (χ2n) is 8.56. The van der Waals surface area contributed by atoms with Gasteiger partial charge in [-0.05, 0) is 62.2 Å². The summed E-state index contributed by atoms with van der Waals surface area (Å²) < 4.78 is 5.49. The van der Waals surface area contributed by atoms with E-state index in [4.69, 9.17) is 4.74 Å². The highest BCUT2D eigenvalue weighted by Gasteiger charge is 2.47. The maximum Gasteiger partial charge on any atom is 0.302 e. The van der Waals surface area contributed by atoms with E-state index in [9.17, 15) is 9.59 Å². The van der Waals surface area contributed by atoms with Gasteiger partial charge < -0.3 is 4.74 Å². The molecule has 0 aromatic heterocycles. The smallest absolute Gasteiger partial charge is 0.302 e. The van der Waals surface area contributed by atoms with Gasteiger partial charge in [0.1, 0.15) is 11.9 Å². The second-order valence-corrected chi connectivity index (χ2v) is 8.56. The average molecular weight is 332 g/mol. The second kappa shape index (κ2) is 7.01. The van der Waals surface area contributed by atoms with Crippen molar-refractivity contribution in [2.45, 2.75) is 84.7 Å². The van der Waals surface area contributed by atoms with E-state index in [1.165, 1.54) is 25.3 Å². The SMILES string of the molecule is CC(=O)O[C@H]1CC[C@@]2(C)C(=CCC3CCCC(=O)[C@@H](C)CCC32)C1. The molecule has 0 spiro atoms. The molecular formula is C21H32O3. The zero-order valence-corrected chi connectivity index (χ0v) is 15.5. The van der Waals surface area contributed by atoms with Crippen molar-refractivity contribution in [3.63, 3.8) is 0 Å². The van der Waals surface area contributed by atoms with Crippen LogP contribution in [0.5, 0.6) is 0 Å². The standard InChI is InChI=1S/C21H32O3/c1-14-7-10-19-16(5-4-6-20(14)23)8-9-17-13-18(24-15(2)22)11-12-21(17,19)3/h9,14,16,18-19H,4-8,10-13H2,1-3H3/t14-,16?,18-,19?,21-/m0/s1. The molecule has 2 fully saturated rings. The van der Waals surface area contributed by atoms with Crippen LogP contribution in [0.25, 0.3) is 0 Å². The predicted octanol–water partition coefficient (Wildman–Crippen LogP) is 4.84. The third kappa shape index (κ3) is 3.45. The molecule has 0 aromatic rings. The van der Waals surface area contributed by atoms with Gasteiger partial charge in [-0.25, -0.2) is 0 Å². The number of fused-ring (bicyclic) bond motifs is 3. The molecule has 3 heteroatoms. The number of carbonyl (C=O) groups is 2. The van der Waals surface area contributed by atoms with E-state index in [1.54, 1.807) is 0 Å². The number of ketones is 1. The lowest BCUT2D eigenvalue weighted by Crippen LogP contribution is -2.43. The van der Waals surface area contributed by atoms with Crippen LogP contribution < -0.4 is 0 Å². The Morgan fingerprint density at radius 2 is 2.04 bits per heavy atom. The van der Waals surface area contributed by atoms with Crippen LogP contribution in [0.15, 0.2) is 11.6 Å². The minimum atomic E-state index is -0.160. The summed E-state index contributed by atoms with van der Waals surface area (Å²) in [5.41, 5.74) is 1.76. The number of esters is 1. The molecular weight excluding hydrogens is 300 g/mol. The van der Waals surface area contributed by atoms with Crippen molar-refractivity contribution >= 4 is 11.8 Å². The van der Waals surface area contributed by atoms with E-state index in [-0.39, 0.29) is 23.4 Å². The highest BCUT2D eigenvalue weighted by Crippen LogP contribution is 2.55. The summed E-state index contributed by atoms with van der Waals surface area (Å²) in [6.07, 6.45) is 11.9. The minimum absolute atomic E-state index is 0.0650. The zero-order valence-electron chi connectivity index (χ0n) is 15.5. The van der Waals surface area contributed by atoms with E-state index in [0.29, 0.717) is 11.7 Å². The highest BCUT2D eigenvalue weighted by molar-refractivity contribution is 5.80. The first-order chi connectivity index (χ1) is 11.4. The molecule has 0 amide bonds. The molecule has 2 saturated carbocycles. The number of allylic oxidation sites excluding steroid dienone is 1. The van der Waals surface area contributed by atoms with E-state index in [0.717, 1.165) is 50.9 Å². The molecule has 0 radical (unpaired) electrons. The fourth-order valence-corrected chi connectivity index (χ4v) is 5.50. The van der Waals surface area contributed by atoms with Crippen molar-refractivity contribution in [2.75, 3.05) is 0 Å². The van der Waals surface area contributed by atoms with Crippen molar-refractivity contribution in [3.05, 3.63) is 11.6 Å². The first-order valence-electron chi connectivity index (χ1n) is 9.79. The van der Waals surface area contributed by atoms with Crippen molar-refractivity contribution < 1.29 is 14.3 Å².